The molecule has 3 heterocycles. The molecule has 3 aromatic rings. The van der Waals surface area contributed by atoms with Crippen LogP contribution in [-0.4, -0.2) is 91.9 Å². The predicted molar refractivity (Wildman–Crippen MR) is 167 cm³/mol. The lowest BCUT2D eigenvalue weighted by Crippen LogP contribution is -2.53. The van der Waals surface area contributed by atoms with Gasteiger partial charge in [-0.15, -0.1) is 0 Å². The summed E-state index contributed by atoms with van der Waals surface area (Å²) in [7, 11) is 4.16. The molecule has 0 aromatic heterocycles. The van der Waals surface area contributed by atoms with Gasteiger partial charge in [-0.25, -0.2) is 4.39 Å². The molecule has 6 rings (SSSR count). The second kappa shape index (κ2) is 11.7. The third-order valence-electron chi connectivity index (χ3n) is 9.10. The first-order chi connectivity index (χ1) is 19.9. The first-order valence-corrected chi connectivity index (χ1v) is 14.9. The molecule has 4 atom stereocenters. The van der Waals surface area contributed by atoms with Crippen molar-refractivity contribution in [3.8, 4) is 16.9 Å². The maximum Gasteiger partial charge on any atom is 0.158 e. The van der Waals surface area contributed by atoms with Gasteiger partial charge in [-0.2, -0.15) is 0 Å². The molecular formula is C32H38ClFN6O. The fourth-order valence-electron chi connectivity index (χ4n) is 6.99. The van der Waals surface area contributed by atoms with Crippen molar-refractivity contribution < 1.29 is 9.50 Å². The number of hydrogen-bond donors (Lipinski definition) is 3. The van der Waals surface area contributed by atoms with E-state index in [0.29, 0.717) is 41.8 Å². The predicted octanol–water partition coefficient (Wildman–Crippen LogP) is 5.20. The molecule has 3 aliphatic heterocycles. The molecule has 4 unspecified atom stereocenters. The minimum atomic E-state index is -0.559. The van der Waals surface area contributed by atoms with Crippen LogP contribution in [0, 0.1) is 5.82 Å². The third kappa shape index (κ3) is 5.34. The minimum absolute atomic E-state index is 0.0437. The molecule has 0 spiro atoms. The number of amidine groups is 1. The lowest BCUT2D eigenvalue weighted by Gasteiger charge is -2.36. The van der Waals surface area contributed by atoms with Crippen LogP contribution in [-0.2, 0) is 0 Å². The SMILES string of the molecule is C=Nc1c(C(=NCC2CCC(CNC)N2C)N2CC3CCC(C2)N3)cc(Cl)c(-c2cc(O)cc3ccccc23)c1F. The molecule has 0 radical (unpaired) electrons. The van der Waals surface area contributed by atoms with E-state index in [2.05, 4.69) is 39.2 Å². The molecule has 3 aromatic carbocycles. The number of phenolic OH excluding ortho intramolecular Hbond substituents is 1. The summed E-state index contributed by atoms with van der Waals surface area (Å²) in [4.78, 5) is 14.1. The topological polar surface area (TPSA) is 75.5 Å². The smallest absolute Gasteiger partial charge is 0.158 e. The number of likely N-dealkylation sites (tertiary alicyclic amines) is 2. The van der Waals surface area contributed by atoms with Crippen LogP contribution in [0.5, 0.6) is 5.75 Å². The molecule has 9 heteroatoms. The Morgan fingerprint density at radius 1 is 1.12 bits per heavy atom. The number of aromatic hydroxyl groups is 1. The van der Waals surface area contributed by atoms with Crippen LogP contribution in [0.1, 0.15) is 31.2 Å². The second-order valence-corrected chi connectivity index (χ2v) is 12.0. The van der Waals surface area contributed by atoms with Gasteiger partial charge in [0.25, 0.3) is 0 Å². The summed E-state index contributed by atoms with van der Waals surface area (Å²) in [5, 5.41) is 19.3. The summed E-state index contributed by atoms with van der Waals surface area (Å²) in [5.74, 6) is 0.211. The van der Waals surface area contributed by atoms with Gasteiger partial charge in [-0.05, 0) is 81.0 Å². The number of halogens is 2. The number of fused-ring (bicyclic) bond motifs is 3. The lowest BCUT2D eigenvalue weighted by atomic mass is 9.95. The molecule has 3 fully saturated rings. The van der Waals surface area contributed by atoms with E-state index in [1.54, 1.807) is 18.2 Å². The Kier molecular flexibility index (Phi) is 8.01. The van der Waals surface area contributed by atoms with E-state index in [9.17, 15) is 5.11 Å². The molecule has 0 amide bonds. The fraction of sp³-hybridized carbons (Fsp3) is 0.438. The molecule has 0 aliphatic carbocycles. The van der Waals surface area contributed by atoms with E-state index in [1.165, 1.54) is 0 Å². The van der Waals surface area contributed by atoms with Gasteiger partial charge < -0.3 is 20.6 Å². The molecule has 0 saturated carbocycles. The van der Waals surface area contributed by atoms with Crippen molar-refractivity contribution in [2.45, 2.75) is 49.9 Å². The van der Waals surface area contributed by atoms with E-state index in [-0.39, 0.29) is 22.0 Å². The summed E-state index contributed by atoms with van der Waals surface area (Å²) < 4.78 is 16.6. The number of aliphatic imine (C=N–C) groups is 2. The summed E-state index contributed by atoms with van der Waals surface area (Å²) >= 11 is 6.92. The van der Waals surface area contributed by atoms with Crippen LogP contribution < -0.4 is 10.6 Å². The molecular weight excluding hydrogens is 539 g/mol. The number of benzene rings is 3. The molecule has 7 nitrogen and oxygen atoms in total. The van der Waals surface area contributed by atoms with Crippen molar-refractivity contribution >= 4 is 40.6 Å². The van der Waals surface area contributed by atoms with Gasteiger partial charge in [0.15, 0.2) is 5.82 Å². The largest absolute Gasteiger partial charge is 0.508 e. The van der Waals surface area contributed by atoms with Crippen LogP contribution in [0.2, 0.25) is 5.02 Å². The average Bonchev–Trinajstić information content (AvgIpc) is 3.48. The quantitative estimate of drug-likeness (QED) is 0.266. The van der Waals surface area contributed by atoms with Gasteiger partial charge in [0.1, 0.15) is 17.3 Å². The maximum atomic E-state index is 16.6. The number of hydrogen-bond acceptors (Lipinski definition) is 6. The molecule has 2 bridgehead atoms. The van der Waals surface area contributed by atoms with Gasteiger partial charge in [0, 0.05) is 54.9 Å². The highest BCUT2D eigenvalue weighted by molar-refractivity contribution is 6.34. The van der Waals surface area contributed by atoms with Gasteiger partial charge in [0.05, 0.1) is 11.6 Å². The van der Waals surface area contributed by atoms with Crippen LogP contribution in [0.4, 0.5) is 10.1 Å². The number of phenols is 1. The summed E-state index contributed by atoms with van der Waals surface area (Å²) in [5.41, 5.74) is 1.41. The Morgan fingerprint density at radius 3 is 2.59 bits per heavy atom. The Balaban J connectivity index is 1.45. The van der Waals surface area contributed by atoms with E-state index in [4.69, 9.17) is 16.6 Å². The van der Waals surface area contributed by atoms with E-state index in [1.807, 2.05) is 31.3 Å². The van der Waals surface area contributed by atoms with Crippen molar-refractivity contribution in [1.82, 2.24) is 20.4 Å². The zero-order valence-corrected chi connectivity index (χ0v) is 24.5. The number of rotatable bonds is 7. The van der Waals surface area contributed by atoms with Crippen molar-refractivity contribution in [2.24, 2.45) is 9.98 Å². The number of nitrogens with zero attached hydrogens (tertiary/aromatic N) is 4. The normalized spacial score (nSPS) is 24.9. The van der Waals surface area contributed by atoms with Crippen molar-refractivity contribution in [3.63, 3.8) is 0 Å². The fourth-order valence-corrected chi connectivity index (χ4v) is 7.29. The van der Waals surface area contributed by atoms with Crippen molar-refractivity contribution in [2.75, 3.05) is 40.3 Å². The highest BCUT2D eigenvalue weighted by atomic mass is 35.5. The summed E-state index contributed by atoms with van der Waals surface area (Å²) in [6, 6.07) is 14.1. The second-order valence-electron chi connectivity index (χ2n) is 11.6. The molecule has 3 N–H and O–H groups in total. The zero-order chi connectivity index (χ0) is 28.7. The van der Waals surface area contributed by atoms with Crippen molar-refractivity contribution in [3.05, 3.63) is 58.9 Å². The number of likely N-dealkylation sites (N-methyl/N-ethyl adjacent to an activating group) is 2. The Bertz CT molecular complexity index is 1480. The number of nitrogens with one attached hydrogen (secondary N) is 2. The van der Waals surface area contributed by atoms with Crippen LogP contribution in [0.15, 0.2) is 52.4 Å². The molecule has 3 saturated heterocycles. The van der Waals surface area contributed by atoms with Gasteiger partial charge in [-0.1, -0.05) is 35.9 Å². The van der Waals surface area contributed by atoms with Crippen molar-refractivity contribution in [1.29, 1.82) is 0 Å². The van der Waals surface area contributed by atoms with E-state index >= 15 is 4.39 Å². The van der Waals surface area contributed by atoms with E-state index < -0.39 is 5.82 Å². The molecule has 41 heavy (non-hydrogen) atoms. The Morgan fingerprint density at radius 2 is 1.85 bits per heavy atom. The van der Waals surface area contributed by atoms with Crippen LogP contribution in [0.25, 0.3) is 21.9 Å². The molecule has 3 aliphatic rings. The Hall–Kier alpha value is -3.04. The minimum Gasteiger partial charge on any atom is -0.508 e. The standard InChI is InChI=1S/C32H38ClFN6O/c1-35-15-22-10-11-23(39(22)3)16-37-32(40-17-20-8-9-21(18-40)38-20)27-14-28(33)29(30(34)31(27)36-2)26-13-24(41)12-19-6-4-5-7-25(19)26/h4-7,12-14,20-23,35,38,41H,2,8-11,15-18H2,1,3H3. The number of piperazine rings is 1. The first-order valence-electron chi connectivity index (χ1n) is 14.5. The summed E-state index contributed by atoms with van der Waals surface area (Å²) in [6.07, 6.45) is 4.43. The summed E-state index contributed by atoms with van der Waals surface area (Å²) in [6.45, 7) is 6.92. The van der Waals surface area contributed by atoms with Gasteiger partial charge >= 0.3 is 0 Å². The monoisotopic (exact) mass is 576 g/mol. The first kappa shape index (κ1) is 28.1. The third-order valence-corrected chi connectivity index (χ3v) is 9.40. The highest BCUT2D eigenvalue weighted by Gasteiger charge is 2.36. The van der Waals surface area contributed by atoms with Gasteiger partial charge in [0.2, 0.25) is 0 Å². The van der Waals surface area contributed by atoms with Gasteiger partial charge in [-0.3, -0.25) is 14.9 Å². The molecule has 216 valence electrons. The van der Waals surface area contributed by atoms with E-state index in [0.717, 1.165) is 61.9 Å². The van der Waals surface area contributed by atoms with Crippen LogP contribution in [0.3, 0.4) is 0 Å². The average molecular weight is 577 g/mol. The highest BCUT2D eigenvalue weighted by Crippen LogP contribution is 2.43. The maximum absolute atomic E-state index is 16.6. The lowest BCUT2D eigenvalue weighted by molar-refractivity contribution is 0.241. The Labute approximate surface area is 246 Å². The van der Waals surface area contributed by atoms with Crippen LogP contribution >= 0.6 is 11.6 Å². The zero-order valence-electron chi connectivity index (χ0n) is 23.7.